The lowest BCUT2D eigenvalue weighted by Crippen LogP contribution is -2.32. The summed E-state index contributed by atoms with van der Waals surface area (Å²) in [5.41, 5.74) is 7.42. The summed E-state index contributed by atoms with van der Waals surface area (Å²) in [6.07, 6.45) is 0. The second-order valence-corrected chi connectivity index (χ2v) is 4.10. The van der Waals surface area contributed by atoms with Gasteiger partial charge >= 0.3 is 5.97 Å². The van der Waals surface area contributed by atoms with Crippen LogP contribution in [0.2, 0.25) is 0 Å². The summed E-state index contributed by atoms with van der Waals surface area (Å²) in [6, 6.07) is 5.11. The summed E-state index contributed by atoms with van der Waals surface area (Å²) in [7, 11) is 1.82. The van der Waals surface area contributed by atoms with Crippen LogP contribution in [0.15, 0.2) is 18.2 Å². The number of para-hydroxylation sites is 1. The van der Waals surface area contributed by atoms with Crippen LogP contribution in [0.1, 0.15) is 24.2 Å². The van der Waals surface area contributed by atoms with Crippen LogP contribution in [-0.2, 0) is 4.74 Å². The largest absolute Gasteiger partial charge is 0.462 e. The molecule has 5 heteroatoms. The van der Waals surface area contributed by atoms with Crippen LogP contribution < -0.4 is 10.6 Å². The predicted molar refractivity (Wildman–Crippen MR) is 71.8 cm³/mol. The van der Waals surface area contributed by atoms with Gasteiger partial charge in [-0.25, -0.2) is 4.79 Å². The average molecular weight is 252 g/mol. The summed E-state index contributed by atoms with van der Waals surface area (Å²) in [6.45, 7) is 3.94. The number of aliphatic hydroxyl groups excluding tert-OH is 1. The Balaban J connectivity index is 3.09. The van der Waals surface area contributed by atoms with E-state index in [1.807, 2.05) is 24.9 Å². The van der Waals surface area contributed by atoms with Crippen LogP contribution >= 0.6 is 0 Å². The highest BCUT2D eigenvalue weighted by Crippen LogP contribution is 2.27. The second kappa shape index (κ2) is 6.26. The van der Waals surface area contributed by atoms with Gasteiger partial charge in [-0.1, -0.05) is 6.07 Å². The molecule has 100 valence electrons. The van der Waals surface area contributed by atoms with Gasteiger partial charge in [0.05, 0.1) is 30.2 Å². The number of likely N-dealkylation sites (N-methyl/N-ethyl adjacent to an activating group) is 1. The molecule has 0 aliphatic heterocycles. The first-order valence-corrected chi connectivity index (χ1v) is 5.92. The SMILES string of the molecule is CCOC(=O)c1cccc(N(C)C(C)CO)c1N. The van der Waals surface area contributed by atoms with E-state index in [-0.39, 0.29) is 12.6 Å². The molecule has 1 atom stereocenters. The van der Waals surface area contributed by atoms with Crippen molar-refractivity contribution in [1.29, 1.82) is 0 Å². The third-order valence-corrected chi connectivity index (χ3v) is 2.88. The highest BCUT2D eigenvalue weighted by Gasteiger charge is 2.17. The summed E-state index contributed by atoms with van der Waals surface area (Å²) in [4.78, 5) is 13.5. The first-order valence-electron chi connectivity index (χ1n) is 5.92. The minimum Gasteiger partial charge on any atom is -0.462 e. The number of benzene rings is 1. The molecule has 0 heterocycles. The minimum absolute atomic E-state index is 0.0135. The maximum absolute atomic E-state index is 11.7. The summed E-state index contributed by atoms with van der Waals surface area (Å²) in [5, 5.41) is 9.15. The van der Waals surface area contributed by atoms with E-state index >= 15 is 0 Å². The lowest BCUT2D eigenvalue weighted by molar-refractivity contribution is 0.0527. The van der Waals surface area contributed by atoms with Gasteiger partial charge in [-0.3, -0.25) is 0 Å². The highest BCUT2D eigenvalue weighted by molar-refractivity contribution is 5.98. The molecule has 0 amide bonds. The monoisotopic (exact) mass is 252 g/mol. The number of esters is 1. The van der Waals surface area contributed by atoms with Gasteiger partial charge in [0.2, 0.25) is 0 Å². The van der Waals surface area contributed by atoms with Gasteiger partial charge in [0.15, 0.2) is 0 Å². The number of ether oxygens (including phenoxy) is 1. The Kier molecular flexibility index (Phi) is 4.97. The van der Waals surface area contributed by atoms with Crippen molar-refractivity contribution in [3.05, 3.63) is 23.8 Å². The van der Waals surface area contributed by atoms with E-state index in [0.717, 1.165) is 0 Å². The molecule has 1 unspecified atom stereocenters. The van der Waals surface area contributed by atoms with Crippen LogP contribution in [0.5, 0.6) is 0 Å². The first kappa shape index (κ1) is 14.3. The fourth-order valence-corrected chi connectivity index (χ4v) is 1.61. The molecule has 3 N–H and O–H groups in total. The Labute approximate surface area is 107 Å². The molecule has 18 heavy (non-hydrogen) atoms. The maximum atomic E-state index is 11.7. The van der Waals surface area contributed by atoms with Gasteiger partial charge in [-0.15, -0.1) is 0 Å². The van der Waals surface area contributed by atoms with E-state index in [4.69, 9.17) is 15.6 Å². The standard InChI is InChI=1S/C13H20N2O3/c1-4-18-13(17)10-6-5-7-11(12(10)14)15(3)9(2)8-16/h5-7,9,16H,4,8,14H2,1-3H3. The zero-order valence-corrected chi connectivity index (χ0v) is 11.0. The van der Waals surface area contributed by atoms with Gasteiger partial charge in [-0.2, -0.15) is 0 Å². The van der Waals surface area contributed by atoms with Gasteiger partial charge in [0.1, 0.15) is 0 Å². The van der Waals surface area contributed by atoms with Gasteiger partial charge in [-0.05, 0) is 26.0 Å². The van der Waals surface area contributed by atoms with E-state index < -0.39 is 5.97 Å². The number of rotatable bonds is 5. The number of nitrogens with two attached hydrogens (primary N) is 1. The molecule has 0 fully saturated rings. The third-order valence-electron chi connectivity index (χ3n) is 2.88. The molecule has 0 saturated heterocycles. The van der Waals surface area contributed by atoms with Crippen LogP contribution in [0.3, 0.4) is 0 Å². The first-order chi connectivity index (χ1) is 8.52. The summed E-state index contributed by atoms with van der Waals surface area (Å²) < 4.78 is 4.94. The highest BCUT2D eigenvalue weighted by atomic mass is 16.5. The number of hydrogen-bond acceptors (Lipinski definition) is 5. The van der Waals surface area contributed by atoms with Crippen molar-refractivity contribution in [1.82, 2.24) is 0 Å². The molecule has 0 aliphatic carbocycles. The lowest BCUT2D eigenvalue weighted by Gasteiger charge is -2.27. The molecule has 0 saturated carbocycles. The van der Waals surface area contributed by atoms with Crippen LogP contribution in [0.4, 0.5) is 11.4 Å². The molecule has 0 aromatic heterocycles. The quantitative estimate of drug-likeness (QED) is 0.609. The van der Waals surface area contributed by atoms with Gasteiger partial charge in [0.25, 0.3) is 0 Å². The van der Waals surface area contributed by atoms with E-state index in [0.29, 0.717) is 23.5 Å². The van der Waals surface area contributed by atoms with Crippen LogP contribution in [0, 0.1) is 0 Å². The number of nitrogen functional groups attached to an aromatic ring is 1. The maximum Gasteiger partial charge on any atom is 0.340 e. The number of carbonyl (C=O) groups is 1. The Morgan fingerprint density at radius 3 is 2.78 bits per heavy atom. The van der Waals surface area contributed by atoms with Gasteiger partial charge in [0, 0.05) is 13.1 Å². The number of carbonyl (C=O) groups excluding carboxylic acids is 1. The van der Waals surface area contributed by atoms with Crippen molar-refractivity contribution in [2.75, 3.05) is 30.9 Å². The van der Waals surface area contributed by atoms with Crippen molar-refractivity contribution in [2.24, 2.45) is 0 Å². The zero-order chi connectivity index (χ0) is 13.7. The summed E-state index contributed by atoms with van der Waals surface area (Å²) >= 11 is 0. The number of hydrogen-bond donors (Lipinski definition) is 2. The average Bonchev–Trinajstić information content (AvgIpc) is 2.37. The van der Waals surface area contributed by atoms with Crippen LogP contribution in [0.25, 0.3) is 0 Å². The van der Waals surface area contributed by atoms with E-state index in [1.54, 1.807) is 19.1 Å². The fourth-order valence-electron chi connectivity index (χ4n) is 1.61. The van der Waals surface area contributed by atoms with Crippen molar-refractivity contribution >= 4 is 17.3 Å². The second-order valence-electron chi connectivity index (χ2n) is 4.10. The molecule has 0 bridgehead atoms. The number of aliphatic hydroxyl groups is 1. The molecule has 1 rings (SSSR count). The Bertz CT molecular complexity index is 421. The number of nitrogens with zero attached hydrogens (tertiary/aromatic N) is 1. The van der Waals surface area contributed by atoms with E-state index in [2.05, 4.69) is 0 Å². The topological polar surface area (TPSA) is 75.8 Å². The Morgan fingerprint density at radius 1 is 1.56 bits per heavy atom. The lowest BCUT2D eigenvalue weighted by atomic mass is 10.1. The van der Waals surface area contributed by atoms with Crippen molar-refractivity contribution in [3.8, 4) is 0 Å². The molecule has 5 nitrogen and oxygen atoms in total. The molecule has 0 aliphatic rings. The smallest absolute Gasteiger partial charge is 0.340 e. The van der Waals surface area contributed by atoms with Crippen molar-refractivity contribution < 1.29 is 14.6 Å². The summed E-state index contributed by atoms with van der Waals surface area (Å²) in [5.74, 6) is -0.429. The van der Waals surface area contributed by atoms with E-state index in [1.165, 1.54) is 0 Å². The molecule has 0 spiro atoms. The molecule has 0 radical (unpaired) electrons. The Morgan fingerprint density at radius 2 is 2.22 bits per heavy atom. The molecular weight excluding hydrogens is 232 g/mol. The predicted octanol–water partition coefficient (Wildman–Crippen LogP) is 1.26. The minimum atomic E-state index is -0.429. The van der Waals surface area contributed by atoms with Crippen molar-refractivity contribution in [2.45, 2.75) is 19.9 Å². The normalized spacial score (nSPS) is 12.0. The van der Waals surface area contributed by atoms with Gasteiger partial charge < -0.3 is 20.5 Å². The zero-order valence-electron chi connectivity index (χ0n) is 11.0. The van der Waals surface area contributed by atoms with Crippen molar-refractivity contribution in [3.63, 3.8) is 0 Å². The fraction of sp³-hybridized carbons (Fsp3) is 0.462. The number of anilines is 2. The molecule has 1 aromatic rings. The van der Waals surface area contributed by atoms with Crippen LogP contribution in [-0.4, -0.2) is 37.4 Å². The molecule has 1 aromatic carbocycles. The Hall–Kier alpha value is -1.75. The van der Waals surface area contributed by atoms with E-state index in [9.17, 15) is 4.79 Å². The third kappa shape index (κ3) is 2.92. The molecular formula is C13H20N2O3.